The lowest BCUT2D eigenvalue weighted by molar-refractivity contribution is -0.132. The van der Waals surface area contributed by atoms with Crippen LogP contribution in [0.2, 0.25) is 0 Å². The summed E-state index contributed by atoms with van der Waals surface area (Å²) in [5.41, 5.74) is 3.45. The monoisotopic (exact) mass is 474 g/mol. The lowest BCUT2D eigenvalue weighted by Crippen LogP contribution is -2.48. The molecule has 0 saturated heterocycles. The first-order valence-electron chi connectivity index (χ1n) is 11.4. The van der Waals surface area contributed by atoms with Crippen LogP contribution in [0.5, 0.6) is 0 Å². The fourth-order valence-electron chi connectivity index (χ4n) is 3.83. The average Bonchev–Trinajstić information content (AvgIpc) is 3.57. The Morgan fingerprint density at radius 2 is 1.86 bits per heavy atom. The summed E-state index contributed by atoms with van der Waals surface area (Å²) < 4.78 is 18.3. The van der Waals surface area contributed by atoms with Gasteiger partial charge in [-0.25, -0.2) is 4.39 Å². The van der Waals surface area contributed by atoms with E-state index in [0.717, 1.165) is 22.5 Å². The molecule has 4 rings (SSSR count). The van der Waals surface area contributed by atoms with E-state index in [9.17, 15) is 14.0 Å². The number of amides is 2. The molecule has 2 aromatic heterocycles. The van der Waals surface area contributed by atoms with Gasteiger partial charge in [0.15, 0.2) is 5.76 Å². The highest BCUT2D eigenvalue weighted by Gasteiger charge is 2.25. The van der Waals surface area contributed by atoms with E-state index >= 15 is 0 Å². The zero-order valence-corrected chi connectivity index (χ0v) is 19.4. The van der Waals surface area contributed by atoms with Gasteiger partial charge in [0.1, 0.15) is 11.9 Å². The van der Waals surface area contributed by atoms with Crippen LogP contribution in [0, 0.1) is 5.82 Å². The number of hydrogen-bond acceptors (Lipinski definition) is 4. The minimum absolute atomic E-state index is 0.162. The van der Waals surface area contributed by atoms with E-state index in [1.54, 1.807) is 36.2 Å². The van der Waals surface area contributed by atoms with Crippen LogP contribution in [0.25, 0.3) is 11.3 Å². The summed E-state index contributed by atoms with van der Waals surface area (Å²) in [5, 5.41) is 10.1. The number of carbonyl (C=O) groups excluding carboxylic acids is 2. The van der Waals surface area contributed by atoms with Gasteiger partial charge in [-0.3, -0.25) is 14.7 Å². The fraction of sp³-hybridized carbons (Fsp3) is 0.222. The molecule has 2 heterocycles. The molecule has 0 aliphatic rings. The van der Waals surface area contributed by atoms with Crippen LogP contribution in [0.1, 0.15) is 28.2 Å². The number of nitrogens with zero attached hydrogens (tertiary/aromatic N) is 2. The van der Waals surface area contributed by atoms with Gasteiger partial charge in [-0.1, -0.05) is 30.3 Å². The van der Waals surface area contributed by atoms with Crippen molar-refractivity contribution in [1.29, 1.82) is 0 Å². The summed E-state index contributed by atoms with van der Waals surface area (Å²) in [5.74, 6) is -0.730. The van der Waals surface area contributed by atoms with Gasteiger partial charge in [0.05, 0.1) is 12.0 Å². The number of H-pyrrole nitrogens is 1. The number of hydrogen-bond donors (Lipinski definition) is 2. The van der Waals surface area contributed by atoms with E-state index in [1.807, 2.05) is 36.4 Å². The first kappa shape index (κ1) is 23.9. The molecule has 0 radical (unpaired) electrons. The molecular formula is C27H27FN4O3. The molecule has 180 valence electrons. The van der Waals surface area contributed by atoms with Crippen LogP contribution in [0.3, 0.4) is 0 Å². The van der Waals surface area contributed by atoms with Crippen LogP contribution < -0.4 is 5.32 Å². The maximum Gasteiger partial charge on any atom is 0.287 e. The molecule has 0 aliphatic carbocycles. The fourth-order valence-corrected chi connectivity index (χ4v) is 3.83. The number of nitrogens with one attached hydrogen (secondary N) is 2. The first-order valence-corrected chi connectivity index (χ1v) is 11.4. The molecule has 8 heteroatoms. The van der Waals surface area contributed by atoms with Gasteiger partial charge in [-0.15, -0.1) is 0 Å². The highest BCUT2D eigenvalue weighted by Crippen LogP contribution is 2.18. The molecule has 0 bridgehead atoms. The Morgan fingerprint density at radius 1 is 1.09 bits per heavy atom. The van der Waals surface area contributed by atoms with Crippen LogP contribution in [0.15, 0.2) is 83.5 Å². The lowest BCUT2D eigenvalue weighted by atomic mass is 10.0. The summed E-state index contributed by atoms with van der Waals surface area (Å²) in [6.45, 7) is 0.506. The number of benzene rings is 2. The zero-order chi connectivity index (χ0) is 24.6. The minimum Gasteiger partial charge on any atom is -0.459 e. The van der Waals surface area contributed by atoms with Gasteiger partial charge in [-0.05, 0) is 60.9 Å². The van der Waals surface area contributed by atoms with Crippen molar-refractivity contribution < 1.29 is 18.4 Å². The zero-order valence-electron chi connectivity index (χ0n) is 19.4. The van der Waals surface area contributed by atoms with E-state index in [2.05, 4.69) is 15.5 Å². The predicted octanol–water partition coefficient (Wildman–Crippen LogP) is 4.24. The summed E-state index contributed by atoms with van der Waals surface area (Å²) in [7, 11) is 1.73. The van der Waals surface area contributed by atoms with Crippen molar-refractivity contribution in [2.24, 2.45) is 0 Å². The number of aryl methyl sites for hydroxylation is 1. The second-order valence-corrected chi connectivity index (χ2v) is 8.34. The first-order chi connectivity index (χ1) is 17.0. The van der Waals surface area contributed by atoms with Crippen molar-refractivity contribution in [2.75, 3.05) is 13.6 Å². The van der Waals surface area contributed by atoms with Crippen LogP contribution in [-0.2, 0) is 17.6 Å². The number of aromatic nitrogens is 2. The van der Waals surface area contributed by atoms with E-state index in [-0.39, 0.29) is 17.5 Å². The smallest absolute Gasteiger partial charge is 0.287 e. The molecule has 7 nitrogen and oxygen atoms in total. The minimum atomic E-state index is -0.725. The van der Waals surface area contributed by atoms with E-state index in [0.29, 0.717) is 25.8 Å². The second kappa shape index (κ2) is 11.3. The number of aromatic amines is 1. The SMILES string of the molecule is CN(CCCc1cc(-c2ccc(F)cc2)n[nH]1)C(=O)C(Cc1ccccc1)NC(=O)c1ccco1. The number of halogens is 1. The third-order valence-corrected chi connectivity index (χ3v) is 5.72. The van der Waals surface area contributed by atoms with Crippen molar-refractivity contribution in [3.63, 3.8) is 0 Å². The topological polar surface area (TPSA) is 91.2 Å². The van der Waals surface area contributed by atoms with E-state index in [4.69, 9.17) is 4.42 Å². The summed E-state index contributed by atoms with van der Waals surface area (Å²) in [6.07, 6.45) is 3.19. The summed E-state index contributed by atoms with van der Waals surface area (Å²) in [4.78, 5) is 27.4. The molecule has 0 aliphatic heterocycles. The highest BCUT2D eigenvalue weighted by atomic mass is 19.1. The molecule has 2 amide bonds. The van der Waals surface area contributed by atoms with Crippen molar-refractivity contribution in [1.82, 2.24) is 20.4 Å². The van der Waals surface area contributed by atoms with Crippen molar-refractivity contribution in [3.05, 3.63) is 102 Å². The van der Waals surface area contributed by atoms with Gasteiger partial charge in [0, 0.05) is 31.3 Å². The maximum absolute atomic E-state index is 13.2. The number of furan rings is 1. The normalized spacial score (nSPS) is 11.7. The van der Waals surface area contributed by atoms with Gasteiger partial charge < -0.3 is 14.6 Å². The van der Waals surface area contributed by atoms with E-state index in [1.165, 1.54) is 18.4 Å². The third-order valence-electron chi connectivity index (χ3n) is 5.72. The van der Waals surface area contributed by atoms with Crippen LogP contribution >= 0.6 is 0 Å². The van der Waals surface area contributed by atoms with Gasteiger partial charge in [0.2, 0.25) is 5.91 Å². The Hall–Kier alpha value is -4.20. The highest BCUT2D eigenvalue weighted by molar-refractivity contribution is 5.95. The molecule has 0 fully saturated rings. The van der Waals surface area contributed by atoms with E-state index < -0.39 is 11.9 Å². The molecule has 4 aromatic rings. The second-order valence-electron chi connectivity index (χ2n) is 8.34. The molecule has 35 heavy (non-hydrogen) atoms. The van der Waals surface area contributed by atoms with Crippen molar-refractivity contribution in [3.8, 4) is 11.3 Å². The Labute approximate surface area is 203 Å². The number of carbonyl (C=O) groups is 2. The van der Waals surface area contributed by atoms with Crippen LogP contribution in [-0.4, -0.2) is 46.5 Å². The van der Waals surface area contributed by atoms with Gasteiger partial charge >= 0.3 is 0 Å². The number of rotatable bonds is 10. The van der Waals surface area contributed by atoms with Crippen molar-refractivity contribution in [2.45, 2.75) is 25.3 Å². The largest absolute Gasteiger partial charge is 0.459 e. The molecule has 1 atom stereocenters. The molecule has 1 unspecified atom stereocenters. The molecule has 2 aromatic carbocycles. The summed E-state index contributed by atoms with van der Waals surface area (Å²) >= 11 is 0. The Bertz CT molecular complexity index is 1240. The molecule has 0 saturated carbocycles. The standard InChI is InChI=1S/C27H27FN4O3/c1-32(15-5-9-22-18-23(31-30-22)20-11-13-21(28)14-12-20)27(34)24(17-19-7-3-2-4-8-19)29-26(33)25-10-6-16-35-25/h2-4,6-8,10-14,16,18,24H,5,9,15,17H2,1H3,(H,29,33)(H,30,31). The lowest BCUT2D eigenvalue weighted by Gasteiger charge is -2.24. The molecular weight excluding hydrogens is 447 g/mol. The third kappa shape index (κ3) is 6.44. The molecule has 0 spiro atoms. The maximum atomic E-state index is 13.2. The van der Waals surface area contributed by atoms with Gasteiger partial charge in [0.25, 0.3) is 5.91 Å². The molecule has 2 N–H and O–H groups in total. The Morgan fingerprint density at radius 3 is 2.57 bits per heavy atom. The van der Waals surface area contributed by atoms with Crippen molar-refractivity contribution >= 4 is 11.8 Å². The quantitative estimate of drug-likeness (QED) is 0.360. The van der Waals surface area contributed by atoms with Crippen LogP contribution in [0.4, 0.5) is 4.39 Å². The summed E-state index contributed by atoms with van der Waals surface area (Å²) in [6, 6.07) is 20.1. The predicted molar refractivity (Wildman–Crippen MR) is 130 cm³/mol. The Balaban J connectivity index is 1.35. The van der Waals surface area contributed by atoms with Gasteiger partial charge in [-0.2, -0.15) is 5.10 Å². The number of likely N-dealkylation sites (N-methyl/N-ethyl adjacent to an activating group) is 1. The average molecular weight is 475 g/mol. The Kier molecular flexibility index (Phi) is 7.72.